The molecule has 1 aliphatic rings. The molecule has 1 saturated heterocycles. The number of pyridine rings is 1. The van der Waals surface area contributed by atoms with Gasteiger partial charge in [-0.25, -0.2) is 13.1 Å². The number of aromatic nitrogens is 2. The molecule has 30 heavy (non-hydrogen) atoms. The summed E-state index contributed by atoms with van der Waals surface area (Å²) < 4.78 is 80.8. The number of rotatable bonds is 6. The molecule has 0 spiro atoms. The van der Waals surface area contributed by atoms with Crippen LogP contribution in [0.25, 0.3) is 11.5 Å². The van der Waals surface area contributed by atoms with Crippen molar-refractivity contribution in [3.05, 3.63) is 54.0 Å². The van der Waals surface area contributed by atoms with Gasteiger partial charge < -0.3 is 13.7 Å². The summed E-state index contributed by atoms with van der Waals surface area (Å²) in [6, 6.07) is 6.20. The van der Waals surface area contributed by atoms with Crippen LogP contribution in [0.5, 0.6) is 0 Å². The second kappa shape index (κ2) is 7.85. The Morgan fingerprint density at radius 2 is 1.90 bits per heavy atom. The first-order valence-corrected chi connectivity index (χ1v) is 10.3. The molecule has 0 bridgehead atoms. The average molecular weight is 443 g/mol. The quantitative estimate of drug-likeness (QED) is 0.624. The van der Waals surface area contributed by atoms with Crippen molar-refractivity contribution in [3.8, 4) is 11.5 Å². The molecule has 2 unspecified atom stereocenters. The Morgan fingerprint density at radius 1 is 1.13 bits per heavy atom. The van der Waals surface area contributed by atoms with Gasteiger partial charge in [0.1, 0.15) is 5.69 Å². The van der Waals surface area contributed by atoms with Crippen LogP contribution in [0.1, 0.15) is 11.3 Å². The second-order valence-electron chi connectivity index (χ2n) is 6.78. The zero-order valence-electron chi connectivity index (χ0n) is 15.3. The first kappa shape index (κ1) is 20.6. The molecule has 2 atom stereocenters. The third-order valence-electron chi connectivity index (χ3n) is 4.64. The Morgan fingerprint density at radius 3 is 2.60 bits per heavy atom. The largest absolute Gasteiger partial charge is 0.452 e. The first-order chi connectivity index (χ1) is 14.2. The predicted octanol–water partition coefficient (Wildman–Crippen LogP) is 2.88. The smallest absolute Gasteiger partial charge is 0.441 e. The normalized spacial score (nSPS) is 20.0. The molecule has 1 fully saturated rings. The molecule has 3 aromatic heterocycles. The van der Waals surface area contributed by atoms with Crippen LogP contribution in [-0.4, -0.2) is 37.8 Å². The lowest BCUT2D eigenvalue weighted by atomic mass is 9.96. The summed E-state index contributed by atoms with van der Waals surface area (Å²) in [5, 5.41) is 2.84. The zero-order valence-corrected chi connectivity index (χ0v) is 16.1. The fourth-order valence-corrected chi connectivity index (χ4v) is 4.36. The number of hydrogen-bond donors (Lipinski definition) is 1. The number of hydrogen-bond acceptors (Lipinski definition) is 7. The van der Waals surface area contributed by atoms with Gasteiger partial charge in [0.05, 0.1) is 19.3 Å². The van der Waals surface area contributed by atoms with Crippen LogP contribution >= 0.6 is 0 Å². The third-order valence-corrected chi connectivity index (χ3v) is 6.00. The second-order valence-corrected chi connectivity index (χ2v) is 8.42. The van der Waals surface area contributed by atoms with Crippen molar-refractivity contribution in [2.24, 2.45) is 5.92 Å². The lowest BCUT2D eigenvalue weighted by Crippen LogP contribution is -2.40. The number of halogens is 3. The highest BCUT2D eigenvalue weighted by Gasteiger charge is 2.37. The lowest BCUT2D eigenvalue weighted by molar-refractivity contribution is -0.155. The minimum absolute atomic E-state index is 0.0958. The fraction of sp³-hybridized carbons (Fsp3) is 0.333. The monoisotopic (exact) mass is 443 g/mol. The van der Waals surface area contributed by atoms with Crippen molar-refractivity contribution in [1.29, 1.82) is 0 Å². The van der Waals surface area contributed by atoms with Gasteiger partial charge in [-0.15, -0.1) is 0 Å². The molecule has 4 heterocycles. The Kier molecular flexibility index (Phi) is 5.38. The van der Waals surface area contributed by atoms with E-state index in [2.05, 4.69) is 19.4 Å². The number of sulfonamides is 1. The molecular weight excluding hydrogens is 427 g/mol. The molecule has 0 aromatic carbocycles. The summed E-state index contributed by atoms with van der Waals surface area (Å²) in [7, 11) is -4.07. The van der Waals surface area contributed by atoms with Crippen molar-refractivity contribution in [2.75, 3.05) is 13.2 Å². The molecule has 0 amide bonds. The van der Waals surface area contributed by atoms with Crippen LogP contribution < -0.4 is 4.72 Å². The van der Waals surface area contributed by atoms with Crippen LogP contribution in [0.4, 0.5) is 13.2 Å². The van der Waals surface area contributed by atoms with Gasteiger partial charge >= 0.3 is 6.18 Å². The molecule has 160 valence electrons. The van der Waals surface area contributed by atoms with E-state index in [1.807, 2.05) is 12.1 Å². The van der Waals surface area contributed by atoms with E-state index in [-0.39, 0.29) is 24.0 Å². The number of alkyl halides is 3. The van der Waals surface area contributed by atoms with Gasteiger partial charge in [0.15, 0.2) is 5.76 Å². The molecule has 0 aliphatic carbocycles. The third kappa shape index (κ3) is 4.40. The van der Waals surface area contributed by atoms with E-state index < -0.39 is 33.1 Å². The van der Waals surface area contributed by atoms with E-state index in [4.69, 9.17) is 9.15 Å². The Hall–Kier alpha value is -2.70. The van der Waals surface area contributed by atoms with E-state index >= 15 is 0 Å². The van der Waals surface area contributed by atoms with Gasteiger partial charge in [0.2, 0.25) is 10.9 Å². The van der Waals surface area contributed by atoms with Gasteiger partial charge in [-0.2, -0.15) is 13.2 Å². The Balaban J connectivity index is 1.48. The van der Waals surface area contributed by atoms with E-state index in [9.17, 15) is 21.6 Å². The molecule has 12 heteroatoms. The fourth-order valence-electron chi connectivity index (χ4n) is 3.14. The molecular formula is C18H16F3N3O5S. The maximum atomic E-state index is 12.7. The summed E-state index contributed by atoms with van der Waals surface area (Å²) in [4.78, 5) is 3.95. The molecule has 1 N–H and O–H groups in total. The van der Waals surface area contributed by atoms with Gasteiger partial charge in [-0.1, -0.05) is 5.16 Å². The zero-order chi connectivity index (χ0) is 21.4. The summed E-state index contributed by atoms with van der Waals surface area (Å²) in [6.07, 6.45) is -0.801. The highest BCUT2D eigenvalue weighted by molar-refractivity contribution is 7.89. The van der Waals surface area contributed by atoms with Crippen molar-refractivity contribution in [1.82, 2.24) is 14.9 Å². The van der Waals surface area contributed by atoms with Crippen LogP contribution in [0.3, 0.4) is 0 Å². The highest BCUT2D eigenvalue weighted by Crippen LogP contribution is 2.33. The van der Waals surface area contributed by atoms with Crippen molar-refractivity contribution in [3.63, 3.8) is 0 Å². The number of furan rings is 1. The average Bonchev–Trinajstić information content (AvgIpc) is 3.42. The summed E-state index contributed by atoms with van der Waals surface area (Å²) in [5.41, 5.74) is 0.736. The van der Waals surface area contributed by atoms with E-state index in [1.54, 1.807) is 12.4 Å². The predicted molar refractivity (Wildman–Crippen MR) is 95.6 cm³/mol. The van der Waals surface area contributed by atoms with Crippen LogP contribution in [0, 0.1) is 5.92 Å². The standard InChI is InChI=1S/C18H16F3N3O5S/c19-18(20,21)16-8-13(23-29-16)15-1-2-17(28-15)30(25,26)24-14-10-27-9-12(14)7-11-3-5-22-6-4-11/h1-6,8,12,14,24H,7,9-10H2. The number of nitrogens with zero attached hydrogens (tertiary/aromatic N) is 2. The molecule has 8 nitrogen and oxygen atoms in total. The summed E-state index contributed by atoms with van der Waals surface area (Å²) >= 11 is 0. The maximum Gasteiger partial charge on any atom is 0.452 e. The van der Waals surface area contributed by atoms with Crippen LogP contribution in [0.15, 0.2) is 56.8 Å². The van der Waals surface area contributed by atoms with E-state index in [0.717, 1.165) is 11.6 Å². The maximum absolute atomic E-state index is 12.7. The van der Waals surface area contributed by atoms with E-state index in [1.165, 1.54) is 6.07 Å². The van der Waals surface area contributed by atoms with Gasteiger partial charge in [-0.3, -0.25) is 4.98 Å². The molecule has 3 aromatic rings. The Bertz CT molecular complexity index is 1110. The lowest BCUT2D eigenvalue weighted by Gasteiger charge is -2.18. The first-order valence-electron chi connectivity index (χ1n) is 8.85. The number of ether oxygens (including phenoxy) is 1. The number of nitrogens with one attached hydrogen (secondary N) is 1. The van der Waals surface area contributed by atoms with Gasteiger partial charge in [0, 0.05) is 24.4 Å². The summed E-state index contributed by atoms with van der Waals surface area (Å²) in [6.45, 7) is 0.582. The van der Waals surface area contributed by atoms with Crippen molar-refractivity contribution in [2.45, 2.75) is 23.7 Å². The van der Waals surface area contributed by atoms with Crippen molar-refractivity contribution < 1.29 is 35.3 Å². The minimum atomic E-state index is -4.71. The SMILES string of the molecule is O=S(=O)(NC1COCC1Cc1ccncc1)c1ccc(-c2cc(C(F)(F)F)on2)o1. The molecule has 0 saturated carbocycles. The topological polar surface area (TPSA) is 107 Å². The van der Waals surface area contributed by atoms with E-state index in [0.29, 0.717) is 19.1 Å². The Labute approximate surface area is 169 Å². The highest BCUT2D eigenvalue weighted by atomic mass is 32.2. The molecule has 1 aliphatic heterocycles. The summed E-state index contributed by atoms with van der Waals surface area (Å²) in [5.74, 6) is -1.56. The van der Waals surface area contributed by atoms with Gasteiger partial charge in [0.25, 0.3) is 10.0 Å². The van der Waals surface area contributed by atoms with Crippen LogP contribution in [0.2, 0.25) is 0 Å². The molecule has 4 rings (SSSR count). The molecule has 0 radical (unpaired) electrons. The minimum Gasteiger partial charge on any atom is -0.441 e. The van der Waals surface area contributed by atoms with Crippen LogP contribution in [-0.2, 0) is 27.4 Å². The van der Waals surface area contributed by atoms with Crippen molar-refractivity contribution >= 4 is 10.0 Å². The van der Waals surface area contributed by atoms with Gasteiger partial charge in [-0.05, 0) is 36.2 Å².